The second-order valence-electron chi connectivity index (χ2n) is 6.69. The van der Waals surface area contributed by atoms with E-state index in [0.29, 0.717) is 29.4 Å². The fourth-order valence-corrected chi connectivity index (χ4v) is 3.44. The molecule has 0 aliphatic carbocycles. The summed E-state index contributed by atoms with van der Waals surface area (Å²) in [5.41, 5.74) is 9.53. The van der Waals surface area contributed by atoms with Crippen LogP contribution in [0, 0.1) is 5.82 Å². The van der Waals surface area contributed by atoms with Crippen LogP contribution in [0.5, 0.6) is 0 Å². The minimum atomic E-state index is -0.624. The van der Waals surface area contributed by atoms with Crippen molar-refractivity contribution in [1.29, 1.82) is 0 Å². The van der Waals surface area contributed by atoms with Gasteiger partial charge in [0.15, 0.2) is 5.82 Å². The van der Waals surface area contributed by atoms with Crippen LogP contribution in [-0.4, -0.2) is 34.6 Å². The van der Waals surface area contributed by atoms with Gasteiger partial charge in [-0.05, 0) is 42.0 Å². The molecule has 2 aromatic carbocycles. The summed E-state index contributed by atoms with van der Waals surface area (Å²) in [5, 5.41) is 7.61. The quantitative estimate of drug-likeness (QED) is 0.588. The highest BCUT2D eigenvalue weighted by Crippen LogP contribution is 2.23. The first-order chi connectivity index (χ1) is 14.5. The molecule has 1 amide bonds. The maximum absolute atomic E-state index is 13.2. The maximum atomic E-state index is 13.2. The Morgan fingerprint density at radius 3 is 2.80 bits per heavy atom. The van der Waals surface area contributed by atoms with Crippen molar-refractivity contribution in [1.82, 2.24) is 10.2 Å². The highest BCUT2D eigenvalue weighted by molar-refractivity contribution is 6.30. The molecule has 150 valence electrons. The van der Waals surface area contributed by atoms with E-state index < -0.39 is 5.91 Å². The number of aliphatic imine (C=N–C) groups is 2. The lowest BCUT2D eigenvalue weighted by Crippen LogP contribution is -2.13. The van der Waals surface area contributed by atoms with Crippen molar-refractivity contribution in [3.05, 3.63) is 93.4 Å². The zero-order valence-electron chi connectivity index (χ0n) is 15.8. The average molecular weight is 422 g/mol. The number of H-pyrrole nitrogens is 1. The van der Waals surface area contributed by atoms with E-state index >= 15 is 0 Å². The summed E-state index contributed by atoms with van der Waals surface area (Å²) in [6, 6.07) is 13.4. The number of nitrogens with two attached hydrogens (primary N) is 1. The summed E-state index contributed by atoms with van der Waals surface area (Å²) in [4.78, 5) is 20.9. The number of allylic oxidation sites excluding steroid dienone is 1. The highest BCUT2D eigenvalue weighted by atomic mass is 35.5. The van der Waals surface area contributed by atoms with Crippen molar-refractivity contribution in [3.8, 4) is 0 Å². The lowest BCUT2D eigenvalue weighted by Gasteiger charge is -2.03. The topological polar surface area (TPSA) is 96.5 Å². The average Bonchev–Trinajstić information content (AvgIpc) is 3.34. The number of hydrogen-bond donors (Lipinski definition) is 2. The summed E-state index contributed by atoms with van der Waals surface area (Å²) in [6.07, 6.45) is 3.89. The molecule has 0 unspecified atom stereocenters. The number of aromatic nitrogens is 2. The molecule has 1 aromatic heterocycles. The summed E-state index contributed by atoms with van der Waals surface area (Å²) in [6.45, 7) is 0.497. The van der Waals surface area contributed by atoms with Crippen LogP contribution in [0.4, 0.5) is 10.2 Å². The standard InChI is InChI=1S/C22H17ClFN5O/c23-16-3-1-2-13(10-16)11-18-19(21(25)30)22(29-28-18)27-12-15-8-9-26-20(15)14-4-6-17(24)7-5-14/h1-8,10,12H,9,11H2,(H2,25,30)(H,28,29). The van der Waals surface area contributed by atoms with E-state index in [1.165, 1.54) is 12.1 Å². The van der Waals surface area contributed by atoms with Crippen molar-refractivity contribution in [2.45, 2.75) is 6.42 Å². The van der Waals surface area contributed by atoms with E-state index in [4.69, 9.17) is 17.3 Å². The number of carbonyl (C=O) groups is 1. The van der Waals surface area contributed by atoms with Crippen LogP contribution >= 0.6 is 11.6 Å². The molecule has 0 saturated carbocycles. The lowest BCUT2D eigenvalue weighted by molar-refractivity contribution is 0.100. The Kier molecular flexibility index (Phi) is 5.54. The van der Waals surface area contributed by atoms with E-state index in [1.807, 2.05) is 24.3 Å². The second-order valence-corrected chi connectivity index (χ2v) is 7.12. The van der Waals surface area contributed by atoms with Gasteiger partial charge in [0.1, 0.15) is 11.4 Å². The molecule has 1 aliphatic heterocycles. The molecule has 0 bridgehead atoms. The third kappa shape index (κ3) is 4.21. The van der Waals surface area contributed by atoms with Gasteiger partial charge < -0.3 is 5.73 Å². The van der Waals surface area contributed by atoms with Crippen LogP contribution in [0.1, 0.15) is 27.2 Å². The molecule has 2 heterocycles. The van der Waals surface area contributed by atoms with Gasteiger partial charge in [-0.3, -0.25) is 14.9 Å². The zero-order chi connectivity index (χ0) is 21.1. The molecule has 0 atom stereocenters. The minimum absolute atomic E-state index is 0.200. The molecule has 0 saturated heterocycles. The molecule has 6 nitrogen and oxygen atoms in total. The zero-order valence-corrected chi connectivity index (χ0v) is 16.5. The first-order valence-electron chi connectivity index (χ1n) is 9.18. The third-order valence-corrected chi connectivity index (χ3v) is 4.85. The Morgan fingerprint density at radius 2 is 2.07 bits per heavy atom. The Hall–Kier alpha value is -3.58. The van der Waals surface area contributed by atoms with E-state index in [9.17, 15) is 9.18 Å². The number of rotatable bonds is 6. The van der Waals surface area contributed by atoms with Gasteiger partial charge in [0.25, 0.3) is 5.91 Å². The smallest absolute Gasteiger partial charge is 0.254 e. The fraction of sp³-hybridized carbons (Fsp3) is 0.0909. The largest absolute Gasteiger partial charge is 0.365 e. The van der Waals surface area contributed by atoms with Crippen molar-refractivity contribution >= 4 is 35.3 Å². The van der Waals surface area contributed by atoms with Crippen molar-refractivity contribution < 1.29 is 9.18 Å². The van der Waals surface area contributed by atoms with E-state index in [0.717, 1.165) is 16.7 Å². The molecule has 0 radical (unpaired) electrons. The number of halogens is 2. The van der Waals surface area contributed by atoms with Gasteiger partial charge in [0.2, 0.25) is 0 Å². The van der Waals surface area contributed by atoms with Gasteiger partial charge in [-0.2, -0.15) is 5.10 Å². The SMILES string of the molecule is NC(=O)c1c(N=CC2=CCN=C2c2ccc(F)cc2)n[nH]c1Cc1cccc(Cl)c1. The number of amides is 1. The van der Waals surface area contributed by atoms with Crippen LogP contribution in [0.3, 0.4) is 0 Å². The molecule has 0 spiro atoms. The number of carbonyl (C=O) groups excluding carboxylic acids is 1. The minimum Gasteiger partial charge on any atom is -0.365 e. The van der Waals surface area contributed by atoms with Crippen LogP contribution in [0.25, 0.3) is 0 Å². The summed E-state index contributed by atoms with van der Waals surface area (Å²) in [7, 11) is 0. The number of primary amides is 1. The van der Waals surface area contributed by atoms with Crippen LogP contribution in [0.2, 0.25) is 5.02 Å². The Bertz CT molecular complexity index is 1190. The summed E-state index contributed by atoms with van der Waals surface area (Å²) in [5.74, 6) is -0.738. The van der Waals surface area contributed by atoms with Gasteiger partial charge in [-0.1, -0.05) is 29.8 Å². The van der Waals surface area contributed by atoms with Crippen LogP contribution in [0.15, 0.2) is 70.2 Å². The predicted octanol–water partition coefficient (Wildman–Crippen LogP) is 4.02. The van der Waals surface area contributed by atoms with Crippen LogP contribution in [-0.2, 0) is 6.42 Å². The number of nitrogens with one attached hydrogen (secondary N) is 1. The molecule has 0 fully saturated rings. The van der Waals surface area contributed by atoms with Gasteiger partial charge in [-0.25, -0.2) is 9.38 Å². The van der Waals surface area contributed by atoms with Crippen molar-refractivity contribution in [2.24, 2.45) is 15.7 Å². The number of hydrogen-bond acceptors (Lipinski definition) is 4. The molecule has 4 rings (SSSR count). The molecular weight excluding hydrogens is 405 g/mol. The maximum Gasteiger partial charge on any atom is 0.254 e. The van der Waals surface area contributed by atoms with Gasteiger partial charge in [0, 0.05) is 28.8 Å². The summed E-state index contributed by atoms with van der Waals surface area (Å²) >= 11 is 6.03. The Labute approximate surface area is 177 Å². The molecule has 3 aromatic rings. The first kappa shape index (κ1) is 19.7. The normalized spacial score (nSPS) is 13.5. The second kappa shape index (κ2) is 8.42. The summed E-state index contributed by atoms with van der Waals surface area (Å²) < 4.78 is 13.2. The molecule has 1 aliphatic rings. The number of benzene rings is 2. The van der Waals surface area contributed by atoms with Crippen molar-refractivity contribution in [2.75, 3.05) is 6.54 Å². The molecule has 8 heteroatoms. The van der Waals surface area contributed by atoms with Crippen molar-refractivity contribution in [3.63, 3.8) is 0 Å². The Morgan fingerprint density at radius 1 is 1.27 bits per heavy atom. The van der Waals surface area contributed by atoms with Gasteiger partial charge >= 0.3 is 0 Å². The van der Waals surface area contributed by atoms with E-state index in [1.54, 1.807) is 24.4 Å². The van der Waals surface area contributed by atoms with Gasteiger partial charge in [0.05, 0.1) is 18.0 Å². The number of nitrogens with zero attached hydrogens (tertiary/aromatic N) is 3. The fourth-order valence-electron chi connectivity index (χ4n) is 3.23. The third-order valence-electron chi connectivity index (χ3n) is 4.62. The Balaban J connectivity index is 1.59. The number of aromatic amines is 1. The van der Waals surface area contributed by atoms with E-state index in [2.05, 4.69) is 20.2 Å². The monoisotopic (exact) mass is 421 g/mol. The highest BCUT2D eigenvalue weighted by Gasteiger charge is 2.19. The lowest BCUT2D eigenvalue weighted by atomic mass is 10.0. The van der Waals surface area contributed by atoms with Crippen LogP contribution < -0.4 is 5.73 Å². The molecular formula is C22H17ClFN5O. The van der Waals surface area contributed by atoms with Gasteiger partial charge in [-0.15, -0.1) is 0 Å². The van der Waals surface area contributed by atoms with E-state index in [-0.39, 0.29) is 17.2 Å². The first-order valence-corrected chi connectivity index (χ1v) is 9.55. The molecule has 30 heavy (non-hydrogen) atoms. The predicted molar refractivity (Wildman–Crippen MR) is 115 cm³/mol. The molecule has 3 N–H and O–H groups in total.